The van der Waals surface area contributed by atoms with Gasteiger partial charge in [-0.25, -0.2) is 4.98 Å². The molecule has 2 aromatic heterocycles. The molecule has 1 saturated heterocycles. The molecule has 14 heteroatoms. The number of amides is 1. The van der Waals surface area contributed by atoms with Crippen LogP contribution >= 0.6 is 11.6 Å². The van der Waals surface area contributed by atoms with Crippen LogP contribution in [0.5, 0.6) is 0 Å². The highest BCUT2D eigenvalue weighted by Gasteiger charge is 2.33. The molecule has 34 heavy (non-hydrogen) atoms. The van der Waals surface area contributed by atoms with Crippen LogP contribution in [0.1, 0.15) is 34.6 Å². The van der Waals surface area contributed by atoms with Gasteiger partial charge < -0.3 is 19.9 Å². The van der Waals surface area contributed by atoms with Gasteiger partial charge in [-0.05, 0) is 36.2 Å². The summed E-state index contributed by atoms with van der Waals surface area (Å²) < 4.78 is 45.0. The predicted octanol–water partition coefficient (Wildman–Crippen LogP) is 4.18. The normalized spacial score (nSPS) is 15.4. The van der Waals surface area contributed by atoms with E-state index in [-0.39, 0.29) is 28.3 Å². The molecule has 0 radical (unpaired) electrons. The number of aromatic nitrogens is 3. The second kappa shape index (κ2) is 9.06. The number of carbonyl (C=O) groups is 1. The number of hydrogen-bond acceptors (Lipinski definition) is 7. The molecule has 0 saturated carbocycles. The molecule has 1 aromatic carbocycles. The van der Waals surface area contributed by atoms with Gasteiger partial charge in [0.15, 0.2) is 5.82 Å². The third-order valence-electron chi connectivity index (χ3n) is 5.31. The van der Waals surface area contributed by atoms with Gasteiger partial charge in [-0.1, -0.05) is 0 Å². The second-order valence-corrected chi connectivity index (χ2v) is 7.96. The summed E-state index contributed by atoms with van der Waals surface area (Å²) in [7, 11) is 0. The van der Waals surface area contributed by atoms with Crippen LogP contribution in [0, 0.1) is 10.1 Å². The minimum absolute atomic E-state index is 0.0144. The summed E-state index contributed by atoms with van der Waals surface area (Å²) in [5.41, 5.74) is -0.952. The molecule has 3 heterocycles. The minimum Gasteiger partial charge on any atom is -0.378 e. The minimum atomic E-state index is -4.76. The lowest BCUT2D eigenvalue weighted by Crippen LogP contribution is -2.40. The van der Waals surface area contributed by atoms with Crippen LogP contribution in [0.4, 0.5) is 24.7 Å². The molecule has 1 aliphatic rings. The van der Waals surface area contributed by atoms with E-state index in [1.807, 2.05) is 0 Å². The molecular formula is C20H18ClF3N6O4. The van der Waals surface area contributed by atoms with Gasteiger partial charge in [-0.3, -0.25) is 14.9 Å². The quantitative estimate of drug-likeness (QED) is 0.307. The van der Waals surface area contributed by atoms with E-state index in [2.05, 4.69) is 20.3 Å². The molecule has 1 atom stereocenters. The van der Waals surface area contributed by atoms with Crippen molar-refractivity contribution >= 4 is 40.0 Å². The molecule has 0 bridgehead atoms. The van der Waals surface area contributed by atoms with Gasteiger partial charge in [0, 0.05) is 25.2 Å². The van der Waals surface area contributed by atoms with Gasteiger partial charge in [-0.15, -0.1) is 0 Å². The number of non-ortho nitro benzene ring substituents is 1. The van der Waals surface area contributed by atoms with Gasteiger partial charge in [0.2, 0.25) is 5.28 Å². The average molecular weight is 499 g/mol. The lowest BCUT2D eigenvalue weighted by atomic mass is 10.0. The Kier molecular flexibility index (Phi) is 6.32. The van der Waals surface area contributed by atoms with Crippen molar-refractivity contribution in [2.24, 2.45) is 0 Å². The number of benzene rings is 1. The Bertz CT molecular complexity index is 1260. The van der Waals surface area contributed by atoms with Crippen LogP contribution in [-0.2, 0) is 10.9 Å². The van der Waals surface area contributed by atoms with E-state index >= 15 is 0 Å². The lowest BCUT2D eigenvalue weighted by Gasteiger charge is -2.26. The fourth-order valence-electron chi connectivity index (χ4n) is 3.58. The number of nitrogens with zero attached hydrogens (tertiary/aromatic N) is 4. The number of H-pyrrole nitrogens is 1. The summed E-state index contributed by atoms with van der Waals surface area (Å²) in [6.45, 7) is 3.22. The molecule has 180 valence electrons. The standard InChI is InChI=1S/C20H18ClF3N6O4/c1-10(11-6-12(20(22,23)24)8-13(7-11)30(32)33)25-17-16-14(27-19(21)28-17)9-15(26-16)18(31)29-2-4-34-5-3-29/h6-10,26H,2-5H2,1H3,(H,25,27,28)/t10-/m1/s1. The Labute approximate surface area is 195 Å². The highest BCUT2D eigenvalue weighted by molar-refractivity contribution is 6.28. The first-order chi connectivity index (χ1) is 16.0. The van der Waals surface area contributed by atoms with Gasteiger partial charge in [0.1, 0.15) is 11.2 Å². The third kappa shape index (κ3) is 4.89. The summed E-state index contributed by atoms with van der Waals surface area (Å²) in [6, 6.07) is 3.02. The summed E-state index contributed by atoms with van der Waals surface area (Å²) >= 11 is 6.02. The van der Waals surface area contributed by atoms with Crippen LogP contribution in [0.15, 0.2) is 24.3 Å². The Morgan fingerprint density at radius 2 is 1.97 bits per heavy atom. The largest absolute Gasteiger partial charge is 0.416 e. The number of nitrogens with one attached hydrogen (secondary N) is 2. The van der Waals surface area contributed by atoms with Crippen molar-refractivity contribution in [3.8, 4) is 0 Å². The predicted molar refractivity (Wildman–Crippen MR) is 116 cm³/mol. The Balaban J connectivity index is 1.68. The first kappa shape index (κ1) is 23.7. The number of anilines is 1. The van der Waals surface area contributed by atoms with Gasteiger partial charge >= 0.3 is 6.18 Å². The maximum Gasteiger partial charge on any atom is 0.416 e. The van der Waals surface area contributed by atoms with Crippen molar-refractivity contribution in [1.82, 2.24) is 19.9 Å². The van der Waals surface area contributed by atoms with Crippen molar-refractivity contribution in [2.75, 3.05) is 31.6 Å². The molecule has 1 amide bonds. The number of morpholine rings is 1. The Hall–Kier alpha value is -3.45. The summed E-state index contributed by atoms with van der Waals surface area (Å²) in [5, 5.41) is 13.9. The molecule has 0 unspecified atom stereocenters. The number of nitro groups is 1. The third-order valence-corrected chi connectivity index (χ3v) is 5.48. The topological polar surface area (TPSA) is 126 Å². The summed E-state index contributed by atoms with van der Waals surface area (Å²) in [5.74, 6) is -0.145. The van der Waals surface area contributed by atoms with E-state index in [1.54, 1.807) is 4.90 Å². The number of carbonyl (C=O) groups excluding carboxylic acids is 1. The van der Waals surface area contributed by atoms with Gasteiger partial charge in [-0.2, -0.15) is 18.2 Å². The molecule has 0 aliphatic carbocycles. The van der Waals surface area contributed by atoms with Crippen molar-refractivity contribution in [3.63, 3.8) is 0 Å². The first-order valence-electron chi connectivity index (χ1n) is 10.1. The van der Waals surface area contributed by atoms with Crippen LogP contribution in [0.2, 0.25) is 5.28 Å². The zero-order valence-electron chi connectivity index (χ0n) is 17.6. The van der Waals surface area contributed by atoms with E-state index in [9.17, 15) is 28.1 Å². The SMILES string of the molecule is C[C@@H](Nc1nc(Cl)nc2cc(C(=O)N3CCOCC3)[nH]c12)c1cc([N+](=O)[O-])cc(C(F)(F)F)c1. The van der Waals surface area contributed by atoms with Crippen molar-refractivity contribution < 1.29 is 27.6 Å². The highest BCUT2D eigenvalue weighted by Crippen LogP contribution is 2.35. The maximum atomic E-state index is 13.3. The number of ether oxygens (including phenoxy) is 1. The van der Waals surface area contributed by atoms with Crippen LogP contribution in [0.3, 0.4) is 0 Å². The van der Waals surface area contributed by atoms with E-state index in [0.29, 0.717) is 43.4 Å². The molecule has 1 fully saturated rings. The smallest absolute Gasteiger partial charge is 0.378 e. The fourth-order valence-corrected chi connectivity index (χ4v) is 3.76. The molecule has 2 N–H and O–H groups in total. The van der Waals surface area contributed by atoms with E-state index in [4.69, 9.17) is 16.3 Å². The monoisotopic (exact) mass is 498 g/mol. The Morgan fingerprint density at radius 3 is 2.62 bits per heavy atom. The number of rotatable bonds is 5. The molecule has 4 rings (SSSR count). The average Bonchev–Trinajstić information content (AvgIpc) is 3.22. The van der Waals surface area contributed by atoms with Crippen LogP contribution in [0.25, 0.3) is 11.0 Å². The molecule has 10 nitrogen and oxygen atoms in total. The highest BCUT2D eigenvalue weighted by atomic mass is 35.5. The summed E-state index contributed by atoms with van der Waals surface area (Å²) in [6.07, 6.45) is -4.76. The zero-order chi connectivity index (χ0) is 24.6. The number of aromatic amines is 1. The van der Waals surface area contributed by atoms with Crippen LogP contribution < -0.4 is 5.32 Å². The van der Waals surface area contributed by atoms with Gasteiger partial charge in [0.25, 0.3) is 11.6 Å². The van der Waals surface area contributed by atoms with Crippen LogP contribution in [-0.4, -0.2) is 57.0 Å². The number of halogens is 4. The van der Waals surface area contributed by atoms with E-state index in [1.165, 1.54) is 13.0 Å². The van der Waals surface area contributed by atoms with Crippen molar-refractivity contribution in [3.05, 3.63) is 56.5 Å². The molecule has 0 spiro atoms. The number of alkyl halides is 3. The fraction of sp³-hybridized carbons (Fsp3) is 0.350. The van der Waals surface area contributed by atoms with E-state index in [0.717, 1.165) is 12.1 Å². The lowest BCUT2D eigenvalue weighted by molar-refractivity contribution is -0.385. The van der Waals surface area contributed by atoms with E-state index < -0.39 is 28.4 Å². The molecule has 1 aliphatic heterocycles. The zero-order valence-corrected chi connectivity index (χ0v) is 18.4. The second-order valence-electron chi connectivity index (χ2n) is 7.62. The number of fused-ring (bicyclic) bond motifs is 1. The number of hydrogen-bond donors (Lipinski definition) is 2. The summed E-state index contributed by atoms with van der Waals surface area (Å²) in [4.78, 5) is 35.8. The van der Waals surface area contributed by atoms with Crippen molar-refractivity contribution in [1.29, 1.82) is 0 Å². The van der Waals surface area contributed by atoms with Crippen molar-refractivity contribution in [2.45, 2.75) is 19.1 Å². The molecule has 3 aromatic rings. The first-order valence-corrected chi connectivity index (χ1v) is 10.5. The molecular weight excluding hydrogens is 481 g/mol. The number of nitro benzene ring substituents is 1. The Morgan fingerprint density at radius 1 is 1.26 bits per heavy atom. The maximum absolute atomic E-state index is 13.3. The van der Waals surface area contributed by atoms with Gasteiger partial charge in [0.05, 0.1) is 35.3 Å².